The minimum absolute atomic E-state index is 0.0541. The molecular weight excluding hydrogens is 258 g/mol. The van der Waals surface area contributed by atoms with E-state index in [1.54, 1.807) is 0 Å². The van der Waals surface area contributed by atoms with Crippen LogP contribution in [-0.4, -0.2) is 5.91 Å². The summed E-state index contributed by atoms with van der Waals surface area (Å²) < 4.78 is 0. The molecule has 21 heavy (non-hydrogen) atoms. The van der Waals surface area contributed by atoms with E-state index in [0.29, 0.717) is 6.42 Å². The number of benzene rings is 2. The SMILES string of the molecule is Cc1ccc(CCC(=O)N[C@H](C)c2ccccc2)cc1C. The van der Waals surface area contributed by atoms with Crippen LogP contribution in [-0.2, 0) is 11.2 Å². The van der Waals surface area contributed by atoms with Crippen molar-refractivity contribution in [2.75, 3.05) is 0 Å². The van der Waals surface area contributed by atoms with Crippen molar-refractivity contribution >= 4 is 5.91 Å². The van der Waals surface area contributed by atoms with Gasteiger partial charge in [0.25, 0.3) is 0 Å². The fraction of sp³-hybridized carbons (Fsp3) is 0.316. The molecule has 0 bridgehead atoms. The summed E-state index contributed by atoms with van der Waals surface area (Å²) in [5.41, 5.74) is 4.93. The number of carbonyl (C=O) groups excluding carboxylic acids is 1. The molecule has 1 N–H and O–H groups in total. The Morgan fingerprint density at radius 3 is 2.43 bits per heavy atom. The van der Waals surface area contributed by atoms with Gasteiger partial charge in [0, 0.05) is 6.42 Å². The molecule has 0 aliphatic carbocycles. The van der Waals surface area contributed by atoms with Crippen molar-refractivity contribution in [3.63, 3.8) is 0 Å². The van der Waals surface area contributed by atoms with E-state index in [1.165, 1.54) is 16.7 Å². The Morgan fingerprint density at radius 1 is 1.05 bits per heavy atom. The highest BCUT2D eigenvalue weighted by Crippen LogP contribution is 2.13. The van der Waals surface area contributed by atoms with Gasteiger partial charge in [-0.3, -0.25) is 4.79 Å². The predicted molar refractivity (Wildman–Crippen MR) is 87.2 cm³/mol. The first kappa shape index (κ1) is 15.3. The molecule has 110 valence electrons. The molecule has 0 aliphatic heterocycles. The van der Waals surface area contributed by atoms with E-state index in [9.17, 15) is 4.79 Å². The summed E-state index contributed by atoms with van der Waals surface area (Å²) in [6, 6.07) is 16.5. The summed E-state index contributed by atoms with van der Waals surface area (Å²) in [5.74, 6) is 0.101. The van der Waals surface area contributed by atoms with E-state index in [4.69, 9.17) is 0 Å². The molecule has 2 rings (SSSR count). The van der Waals surface area contributed by atoms with Gasteiger partial charge in [0.05, 0.1) is 6.04 Å². The van der Waals surface area contributed by atoms with Crippen LogP contribution >= 0.6 is 0 Å². The second-order valence-electron chi connectivity index (χ2n) is 5.62. The molecule has 0 radical (unpaired) electrons. The lowest BCUT2D eigenvalue weighted by Crippen LogP contribution is -2.26. The third kappa shape index (κ3) is 4.45. The maximum Gasteiger partial charge on any atom is 0.220 e. The summed E-state index contributed by atoms with van der Waals surface area (Å²) in [6.45, 7) is 6.23. The number of hydrogen-bond donors (Lipinski definition) is 1. The van der Waals surface area contributed by atoms with Crippen molar-refractivity contribution in [2.45, 2.75) is 39.7 Å². The summed E-state index contributed by atoms with van der Waals surface area (Å²) >= 11 is 0. The van der Waals surface area contributed by atoms with Crippen LogP contribution in [0.2, 0.25) is 0 Å². The summed E-state index contributed by atoms with van der Waals surface area (Å²) in [6.07, 6.45) is 1.31. The standard InChI is InChI=1S/C19H23NO/c1-14-9-10-17(13-15(14)2)11-12-19(21)20-16(3)18-7-5-4-6-8-18/h4-10,13,16H,11-12H2,1-3H3,(H,20,21)/t16-/m1/s1. The van der Waals surface area contributed by atoms with E-state index in [1.807, 2.05) is 37.3 Å². The summed E-state index contributed by atoms with van der Waals surface area (Å²) in [4.78, 5) is 12.0. The van der Waals surface area contributed by atoms with Gasteiger partial charge in [-0.2, -0.15) is 0 Å². The van der Waals surface area contributed by atoms with Gasteiger partial charge in [-0.1, -0.05) is 48.5 Å². The number of nitrogens with one attached hydrogen (secondary N) is 1. The van der Waals surface area contributed by atoms with Crippen LogP contribution in [0.1, 0.15) is 41.6 Å². The Bertz CT molecular complexity index is 604. The average Bonchev–Trinajstić information content (AvgIpc) is 2.49. The highest BCUT2D eigenvalue weighted by atomic mass is 16.1. The topological polar surface area (TPSA) is 29.1 Å². The normalized spacial score (nSPS) is 12.0. The van der Waals surface area contributed by atoms with Gasteiger partial charge in [0.15, 0.2) is 0 Å². The van der Waals surface area contributed by atoms with Crippen LogP contribution in [0, 0.1) is 13.8 Å². The first-order valence-corrected chi connectivity index (χ1v) is 7.46. The van der Waals surface area contributed by atoms with Gasteiger partial charge < -0.3 is 5.32 Å². The van der Waals surface area contributed by atoms with Crippen molar-refractivity contribution in [1.82, 2.24) is 5.32 Å². The summed E-state index contributed by atoms with van der Waals surface area (Å²) in [5, 5.41) is 3.05. The van der Waals surface area contributed by atoms with Gasteiger partial charge in [0.2, 0.25) is 5.91 Å². The Kier molecular flexibility index (Phi) is 5.15. The van der Waals surface area contributed by atoms with Crippen LogP contribution in [0.5, 0.6) is 0 Å². The van der Waals surface area contributed by atoms with Crippen molar-refractivity contribution < 1.29 is 4.79 Å². The summed E-state index contributed by atoms with van der Waals surface area (Å²) in [7, 11) is 0. The van der Waals surface area contributed by atoms with Gasteiger partial charge in [-0.15, -0.1) is 0 Å². The molecule has 0 spiro atoms. The van der Waals surface area contributed by atoms with Crippen LogP contribution in [0.4, 0.5) is 0 Å². The minimum Gasteiger partial charge on any atom is -0.350 e. The smallest absolute Gasteiger partial charge is 0.220 e. The van der Waals surface area contributed by atoms with Crippen molar-refractivity contribution in [3.8, 4) is 0 Å². The number of rotatable bonds is 5. The average molecular weight is 281 g/mol. The number of aryl methyl sites for hydroxylation is 3. The Labute approximate surface area is 127 Å². The van der Waals surface area contributed by atoms with Crippen molar-refractivity contribution in [1.29, 1.82) is 0 Å². The molecule has 1 amide bonds. The van der Waals surface area contributed by atoms with E-state index in [0.717, 1.165) is 12.0 Å². The maximum absolute atomic E-state index is 12.0. The molecule has 2 aromatic rings. The first-order chi connectivity index (χ1) is 10.1. The van der Waals surface area contributed by atoms with Gasteiger partial charge in [0.1, 0.15) is 0 Å². The van der Waals surface area contributed by atoms with Gasteiger partial charge in [-0.25, -0.2) is 0 Å². The Morgan fingerprint density at radius 2 is 1.76 bits per heavy atom. The molecule has 0 aliphatic rings. The first-order valence-electron chi connectivity index (χ1n) is 7.46. The van der Waals surface area contributed by atoms with Crippen LogP contribution in [0.15, 0.2) is 48.5 Å². The highest BCUT2D eigenvalue weighted by Gasteiger charge is 2.09. The molecule has 0 saturated heterocycles. The zero-order chi connectivity index (χ0) is 15.2. The molecule has 1 atom stereocenters. The molecule has 2 nitrogen and oxygen atoms in total. The van der Waals surface area contributed by atoms with E-state index < -0.39 is 0 Å². The largest absolute Gasteiger partial charge is 0.350 e. The third-order valence-electron chi connectivity index (χ3n) is 3.89. The van der Waals surface area contributed by atoms with Crippen molar-refractivity contribution in [2.24, 2.45) is 0 Å². The van der Waals surface area contributed by atoms with Crippen LogP contribution in [0.3, 0.4) is 0 Å². The molecule has 0 aromatic heterocycles. The molecule has 0 fully saturated rings. The third-order valence-corrected chi connectivity index (χ3v) is 3.89. The number of hydrogen-bond acceptors (Lipinski definition) is 1. The number of amides is 1. The van der Waals surface area contributed by atoms with Crippen molar-refractivity contribution in [3.05, 3.63) is 70.8 Å². The lowest BCUT2D eigenvalue weighted by molar-refractivity contribution is -0.121. The van der Waals surface area contributed by atoms with E-state index in [2.05, 4.69) is 37.4 Å². The molecule has 2 aromatic carbocycles. The molecule has 0 heterocycles. The quantitative estimate of drug-likeness (QED) is 0.878. The molecule has 0 unspecified atom stereocenters. The van der Waals surface area contributed by atoms with Gasteiger partial charge >= 0.3 is 0 Å². The molecular formula is C19H23NO. The second kappa shape index (κ2) is 7.07. The highest BCUT2D eigenvalue weighted by molar-refractivity contribution is 5.76. The fourth-order valence-electron chi connectivity index (χ4n) is 2.36. The predicted octanol–water partition coefficient (Wildman–Crippen LogP) is 4.11. The number of carbonyl (C=O) groups is 1. The molecule has 2 heteroatoms. The Hall–Kier alpha value is -2.09. The van der Waals surface area contributed by atoms with Crippen LogP contribution < -0.4 is 5.32 Å². The van der Waals surface area contributed by atoms with E-state index >= 15 is 0 Å². The zero-order valence-electron chi connectivity index (χ0n) is 13.0. The Balaban J connectivity index is 1.86. The van der Waals surface area contributed by atoms with Gasteiger partial charge in [-0.05, 0) is 49.4 Å². The fourth-order valence-corrected chi connectivity index (χ4v) is 2.36. The second-order valence-corrected chi connectivity index (χ2v) is 5.62. The lowest BCUT2D eigenvalue weighted by Gasteiger charge is -2.14. The molecule has 0 saturated carbocycles. The maximum atomic E-state index is 12.0. The van der Waals surface area contributed by atoms with Crippen LogP contribution in [0.25, 0.3) is 0 Å². The minimum atomic E-state index is 0.0541. The van der Waals surface area contributed by atoms with E-state index in [-0.39, 0.29) is 11.9 Å². The monoisotopic (exact) mass is 281 g/mol. The zero-order valence-corrected chi connectivity index (χ0v) is 13.0. The lowest BCUT2D eigenvalue weighted by atomic mass is 10.0.